The van der Waals surface area contributed by atoms with Gasteiger partial charge in [-0.1, -0.05) is 0 Å². The Hall–Kier alpha value is -3.46. The van der Waals surface area contributed by atoms with Crippen LogP contribution in [-0.4, -0.2) is 34.6 Å². The number of benzene rings is 2. The molecule has 10 heteroatoms. The van der Waals surface area contributed by atoms with Crippen molar-refractivity contribution in [1.29, 1.82) is 0 Å². The number of aromatic amines is 1. The predicted molar refractivity (Wildman–Crippen MR) is 116 cm³/mol. The lowest BCUT2D eigenvalue weighted by atomic mass is 9.84. The summed E-state index contributed by atoms with van der Waals surface area (Å²) < 4.78 is 29.8. The molecule has 0 atom stereocenters. The number of fused-ring (bicyclic) bond motifs is 1. The van der Waals surface area contributed by atoms with Crippen molar-refractivity contribution in [2.24, 2.45) is 0 Å². The molecule has 0 saturated carbocycles. The van der Waals surface area contributed by atoms with E-state index in [0.717, 1.165) is 5.56 Å². The smallest absolute Gasteiger partial charge is 0.420 e. The topological polar surface area (TPSA) is 87.3 Å². The maximum Gasteiger partial charge on any atom is 0.487 e. The number of carbonyl (C=O) groups excluding carboxylic acids is 2. The van der Waals surface area contributed by atoms with Crippen molar-refractivity contribution in [2.45, 2.75) is 24.8 Å². The van der Waals surface area contributed by atoms with Gasteiger partial charge in [0, 0.05) is 41.7 Å². The molecule has 7 nitrogen and oxygen atoms in total. The van der Waals surface area contributed by atoms with Gasteiger partial charge >= 0.3 is 5.57 Å². The SMILES string of the molecule is CN1C(=O)C(C)(C)c2cc(C(=O)Nc3ccc(OC(F)(F)Cl)cc3)cc(-c3ccn[nH]3)c21. The second kappa shape index (κ2) is 7.59. The highest BCUT2D eigenvalue weighted by atomic mass is 35.5. The van der Waals surface area contributed by atoms with Gasteiger partial charge in [0.2, 0.25) is 5.91 Å². The largest absolute Gasteiger partial charge is 0.487 e. The Labute approximate surface area is 187 Å². The molecule has 0 radical (unpaired) electrons. The summed E-state index contributed by atoms with van der Waals surface area (Å²) >= 11 is 4.76. The number of carbonyl (C=O) groups is 2. The molecule has 0 aliphatic carbocycles. The van der Waals surface area contributed by atoms with Crippen LogP contribution in [0, 0.1) is 0 Å². The van der Waals surface area contributed by atoms with E-state index in [1.165, 1.54) is 24.3 Å². The van der Waals surface area contributed by atoms with E-state index in [2.05, 4.69) is 20.3 Å². The third-order valence-corrected chi connectivity index (χ3v) is 5.43. The average molecular weight is 461 g/mol. The molecule has 0 unspecified atom stereocenters. The van der Waals surface area contributed by atoms with Crippen LogP contribution in [0.1, 0.15) is 29.8 Å². The Bertz CT molecular complexity index is 1190. The number of anilines is 2. The number of hydrogen-bond acceptors (Lipinski definition) is 4. The molecule has 32 heavy (non-hydrogen) atoms. The van der Waals surface area contributed by atoms with E-state index in [4.69, 9.17) is 11.6 Å². The van der Waals surface area contributed by atoms with Gasteiger partial charge in [-0.3, -0.25) is 14.7 Å². The number of halogens is 3. The van der Waals surface area contributed by atoms with Crippen molar-refractivity contribution in [2.75, 3.05) is 17.3 Å². The molecular formula is C22H19ClF2N4O3. The normalized spacial score (nSPS) is 14.9. The predicted octanol–water partition coefficient (Wildman–Crippen LogP) is 4.75. The maximum absolute atomic E-state index is 13.0. The number of nitrogens with one attached hydrogen (secondary N) is 2. The summed E-state index contributed by atoms with van der Waals surface area (Å²) in [4.78, 5) is 27.4. The monoisotopic (exact) mass is 460 g/mol. The van der Waals surface area contributed by atoms with Gasteiger partial charge in [-0.25, -0.2) is 0 Å². The van der Waals surface area contributed by atoms with E-state index in [9.17, 15) is 18.4 Å². The van der Waals surface area contributed by atoms with Crippen molar-refractivity contribution >= 4 is 34.8 Å². The van der Waals surface area contributed by atoms with Crippen LogP contribution in [0.25, 0.3) is 11.3 Å². The summed E-state index contributed by atoms with van der Waals surface area (Å²) in [6.07, 6.45) is 1.59. The van der Waals surface area contributed by atoms with Crippen molar-refractivity contribution in [1.82, 2.24) is 10.2 Å². The van der Waals surface area contributed by atoms with Gasteiger partial charge in [-0.2, -0.15) is 5.10 Å². The molecule has 0 saturated heterocycles. The Morgan fingerprint density at radius 3 is 2.50 bits per heavy atom. The number of aromatic nitrogens is 2. The molecule has 166 valence electrons. The van der Waals surface area contributed by atoms with Gasteiger partial charge in [-0.15, -0.1) is 8.78 Å². The fourth-order valence-electron chi connectivity index (χ4n) is 3.79. The first-order valence-corrected chi connectivity index (χ1v) is 9.99. The van der Waals surface area contributed by atoms with Crippen LogP contribution in [0.4, 0.5) is 20.2 Å². The van der Waals surface area contributed by atoms with Crippen molar-refractivity contribution in [3.63, 3.8) is 0 Å². The lowest BCUT2D eigenvalue weighted by Crippen LogP contribution is -2.33. The summed E-state index contributed by atoms with van der Waals surface area (Å²) in [6.45, 7) is 3.61. The highest BCUT2D eigenvalue weighted by Gasteiger charge is 2.44. The van der Waals surface area contributed by atoms with E-state index in [1.54, 1.807) is 36.3 Å². The molecule has 0 fully saturated rings. The second-order valence-corrected chi connectivity index (χ2v) is 8.35. The zero-order valence-corrected chi connectivity index (χ0v) is 18.1. The Morgan fingerprint density at radius 2 is 1.91 bits per heavy atom. The Kier molecular flexibility index (Phi) is 5.16. The fraction of sp³-hybridized carbons (Fsp3) is 0.227. The number of rotatable bonds is 5. The maximum atomic E-state index is 13.0. The summed E-state index contributed by atoms with van der Waals surface area (Å²) in [6, 6.07) is 10.5. The molecule has 0 spiro atoms. The molecule has 1 aromatic heterocycles. The van der Waals surface area contributed by atoms with Crippen LogP contribution in [-0.2, 0) is 10.2 Å². The van der Waals surface area contributed by atoms with Crippen molar-refractivity contribution < 1.29 is 23.1 Å². The van der Waals surface area contributed by atoms with Crippen LogP contribution < -0.4 is 15.0 Å². The quantitative estimate of drug-likeness (QED) is 0.538. The molecule has 0 bridgehead atoms. The molecule has 1 aliphatic rings. The lowest BCUT2D eigenvalue weighted by molar-refractivity contribution is -0.121. The number of alkyl halides is 3. The van der Waals surface area contributed by atoms with Crippen LogP contribution in [0.2, 0.25) is 0 Å². The Balaban J connectivity index is 1.69. The zero-order chi connectivity index (χ0) is 23.3. The van der Waals surface area contributed by atoms with Crippen LogP contribution in [0.5, 0.6) is 5.75 Å². The summed E-state index contributed by atoms with van der Waals surface area (Å²) in [5, 5.41) is 9.58. The summed E-state index contributed by atoms with van der Waals surface area (Å²) in [5.74, 6) is -0.662. The molecule has 2 aromatic carbocycles. The minimum atomic E-state index is -3.82. The average Bonchev–Trinajstić information content (AvgIpc) is 3.31. The molecule has 4 rings (SSSR count). The molecule has 2 N–H and O–H groups in total. The number of H-pyrrole nitrogens is 1. The van der Waals surface area contributed by atoms with Gasteiger partial charge in [0.05, 0.1) is 16.8 Å². The minimum absolute atomic E-state index is 0.0856. The van der Waals surface area contributed by atoms with Gasteiger partial charge < -0.3 is 15.0 Å². The standard InChI is InChI=1S/C22H19ClF2N4O3/c1-21(2)16-11-12(10-15(17-8-9-26-28-17)18(16)29(3)20(21)31)19(30)27-13-4-6-14(7-5-13)32-22(23,24)25/h4-11H,1-3H3,(H,26,28)(H,27,30). The van der Waals surface area contributed by atoms with Crippen LogP contribution >= 0.6 is 11.6 Å². The first kappa shape index (κ1) is 21.8. The van der Waals surface area contributed by atoms with Crippen LogP contribution in [0.15, 0.2) is 48.7 Å². The highest BCUT2D eigenvalue weighted by Crippen LogP contribution is 2.46. The number of likely N-dealkylation sites (N-methyl/N-ethyl adjacent to an activating group) is 1. The van der Waals surface area contributed by atoms with E-state index in [-0.39, 0.29) is 11.7 Å². The van der Waals surface area contributed by atoms with Gasteiger partial charge in [0.25, 0.3) is 5.91 Å². The molecule has 1 aliphatic heterocycles. The number of nitrogens with zero attached hydrogens (tertiary/aromatic N) is 2. The van der Waals surface area contributed by atoms with Crippen molar-refractivity contribution in [3.05, 3.63) is 59.8 Å². The van der Waals surface area contributed by atoms with E-state index >= 15 is 0 Å². The zero-order valence-electron chi connectivity index (χ0n) is 17.4. The van der Waals surface area contributed by atoms with Crippen molar-refractivity contribution in [3.8, 4) is 17.0 Å². The summed E-state index contributed by atoms with van der Waals surface area (Å²) in [5.41, 5.74) is -1.18. The second-order valence-electron chi connectivity index (χ2n) is 7.91. The van der Waals surface area contributed by atoms with E-state index in [1.807, 2.05) is 13.8 Å². The van der Waals surface area contributed by atoms with E-state index < -0.39 is 16.9 Å². The van der Waals surface area contributed by atoms with Gasteiger partial charge in [0.1, 0.15) is 5.75 Å². The third kappa shape index (κ3) is 3.91. The number of amides is 2. The first-order valence-electron chi connectivity index (χ1n) is 9.61. The third-order valence-electron chi connectivity index (χ3n) is 5.36. The fourth-order valence-corrected chi connectivity index (χ4v) is 3.88. The number of ether oxygens (including phenoxy) is 1. The summed E-state index contributed by atoms with van der Waals surface area (Å²) in [7, 11) is 1.70. The van der Waals surface area contributed by atoms with E-state index in [0.29, 0.717) is 28.2 Å². The molecular weight excluding hydrogens is 442 g/mol. The molecule has 3 aromatic rings. The molecule has 2 amide bonds. The van der Waals surface area contributed by atoms with Gasteiger partial charge in [0.15, 0.2) is 0 Å². The van der Waals surface area contributed by atoms with Gasteiger partial charge in [-0.05, 0) is 61.9 Å². The first-order chi connectivity index (χ1) is 15.0. The molecule has 2 heterocycles. The number of hydrogen-bond donors (Lipinski definition) is 2. The highest BCUT2D eigenvalue weighted by molar-refractivity contribution is 6.20. The Morgan fingerprint density at radius 1 is 1.22 bits per heavy atom. The lowest BCUT2D eigenvalue weighted by Gasteiger charge is -2.17. The minimum Gasteiger partial charge on any atom is -0.420 e. The van der Waals surface area contributed by atoms with Crippen LogP contribution in [0.3, 0.4) is 0 Å².